The maximum Gasteiger partial charge on any atom is 0.256 e. The molecular formula is C16H18N2O2. The maximum atomic E-state index is 11.9. The van der Waals surface area contributed by atoms with Crippen LogP contribution in [0.5, 0.6) is 0 Å². The third-order valence-electron chi connectivity index (χ3n) is 3.30. The molecule has 0 aliphatic rings. The van der Waals surface area contributed by atoms with Crippen LogP contribution in [0.4, 0.5) is 0 Å². The van der Waals surface area contributed by atoms with Gasteiger partial charge in [0.1, 0.15) is 5.56 Å². The summed E-state index contributed by atoms with van der Waals surface area (Å²) in [5.41, 5.74) is 1.14. The average Bonchev–Trinajstić information content (AvgIpc) is 2.48. The van der Waals surface area contributed by atoms with Crippen LogP contribution in [0.2, 0.25) is 0 Å². The lowest BCUT2D eigenvalue weighted by molar-refractivity contribution is 0.0951. The first kappa shape index (κ1) is 14.1. The monoisotopic (exact) mass is 270 g/mol. The van der Waals surface area contributed by atoms with E-state index in [9.17, 15) is 9.59 Å². The number of hydrogen-bond donors (Lipinski definition) is 2. The molecule has 2 N–H and O–H groups in total. The molecule has 1 unspecified atom stereocenters. The standard InChI is InChI=1S/C16H18N2O2/c1-12(13-5-3-2-4-6-13)7-10-18-16(20)14-11-17-9-8-15(14)19/h2-6,8-9,11-12H,7,10H2,1H3,(H,17,19)(H,18,20). The molecule has 0 spiro atoms. The second kappa shape index (κ2) is 6.70. The minimum Gasteiger partial charge on any atom is -0.367 e. The number of benzene rings is 1. The highest BCUT2D eigenvalue weighted by Gasteiger charge is 2.10. The van der Waals surface area contributed by atoms with Crippen molar-refractivity contribution < 1.29 is 4.79 Å². The number of rotatable bonds is 5. The van der Waals surface area contributed by atoms with E-state index in [1.165, 1.54) is 24.0 Å². The third-order valence-corrected chi connectivity index (χ3v) is 3.30. The van der Waals surface area contributed by atoms with E-state index < -0.39 is 0 Å². The molecule has 0 bridgehead atoms. The highest BCUT2D eigenvalue weighted by molar-refractivity contribution is 5.93. The molecule has 20 heavy (non-hydrogen) atoms. The summed E-state index contributed by atoms with van der Waals surface area (Å²) < 4.78 is 0. The maximum absolute atomic E-state index is 11.9. The second-order valence-corrected chi connectivity index (χ2v) is 4.78. The Labute approximate surface area is 117 Å². The molecule has 0 aliphatic carbocycles. The van der Waals surface area contributed by atoms with Gasteiger partial charge in [0.25, 0.3) is 5.91 Å². The first-order valence-electron chi connectivity index (χ1n) is 6.68. The SMILES string of the molecule is CC(CCNC(=O)c1c[nH]ccc1=O)c1ccccc1. The van der Waals surface area contributed by atoms with Gasteiger partial charge >= 0.3 is 0 Å². The molecule has 104 valence electrons. The van der Waals surface area contributed by atoms with Gasteiger partial charge in [-0.15, -0.1) is 0 Å². The highest BCUT2D eigenvalue weighted by Crippen LogP contribution is 2.17. The van der Waals surface area contributed by atoms with E-state index in [-0.39, 0.29) is 16.9 Å². The van der Waals surface area contributed by atoms with Gasteiger partial charge in [0.2, 0.25) is 0 Å². The number of aromatic nitrogens is 1. The smallest absolute Gasteiger partial charge is 0.256 e. The zero-order chi connectivity index (χ0) is 14.4. The van der Waals surface area contributed by atoms with E-state index in [0.717, 1.165) is 6.42 Å². The van der Waals surface area contributed by atoms with Gasteiger partial charge in [-0.1, -0.05) is 37.3 Å². The van der Waals surface area contributed by atoms with E-state index in [4.69, 9.17) is 0 Å². The Bertz CT molecular complexity index is 620. The molecule has 1 atom stereocenters. The van der Waals surface area contributed by atoms with Crippen molar-refractivity contribution >= 4 is 5.91 Å². The van der Waals surface area contributed by atoms with E-state index in [1.807, 2.05) is 18.2 Å². The number of nitrogens with one attached hydrogen (secondary N) is 2. The fourth-order valence-electron chi connectivity index (χ4n) is 2.04. The number of hydrogen-bond acceptors (Lipinski definition) is 2. The Morgan fingerprint density at radius 1 is 1.25 bits per heavy atom. The molecular weight excluding hydrogens is 252 g/mol. The summed E-state index contributed by atoms with van der Waals surface area (Å²) in [6, 6.07) is 11.5. The number of carbonyl (C=O) groups is 1. The summed E-state index contributed by atoms with van der Waals surface area (Å²) in [6.07, 6.45) is 3.77. The van der Waals surface area contributed by atoms with Crippen LogP contribution in [-0.4, -0.2) is 17.4 Å². The first-order chi connectivity index (χ1) is 9.68. The minimum absolute atomic E-state index is 0.153. The summed E-state index contributed by atoms with van der Waals surface area (Å²) in [5, 5.41) is 2.78. The van der Waals surface area contributed by atoms with Gasteiger partial charge in [0, 0.05) is 25.0 Å². The molecule has 1 aromatic carbocycles. The topological polar surface area (TPSA) is 62.0 Å². The Balaban J connectivity index is 1.86. The van der Waals surface area contributed by atoms with Crippen molar-refractivity contribution in [3.63, 3.8) is 0 Å². The second-order valence-electron chi connectivity index (χ2n) is 4.78. The third kappa shape index (κ3) is 3.57. The number of carbonyl (C=O) groups excluding carboxylic acids is 1. The summed E-state index contributed by atoms with van der Waals surface area (Å²) >= 11 is 0. The fourth-order valence-corrected chi connectivity index (χ4v) is 2.04. The van der Waals surface area contributed by atoms with Crippen LogP contribution < -0.4 is 10.7 Å². The van der Waals surface area contributed by atoms with Gasteiger partial charge in [-0.2, -0.15) is 0 Å². The van der Waals surface area contributed by atoms with Crippen LogP contribution in [0.1, 0.15) is 35.2 Å². The quantitative estimate of drug-likeness (QED) is 0.875. The molecule has 0 saturated heterocycles. The Hall–Kier alpha value is -2.36. The van der Waals surface area contributed by atoms with Gasteiger partial charge in [0.05, 0.1) is 0 Å². The lowest BCUT2D eigenvalue weighted by Gasteiger charge is -2.12. The molecule has 2 rings (SSSR count). The van der Waals surface area contributed by atoms with Crippen molar-refractivity contribution in [2.45, 2.75) is 19.3 Å². The zero-order valence-electron chi connectivity index (χ0n) is 11.4. The van der Waals surface area contributed by atoms with Gasteiger partial charge in [-0.25, -0.2) is 0 Å². The average molecular weight is 270 g/mol. The molecule has 0 fully saturated rings. The van der Waals surface area contributed by atoms with Gasteiger partial charge in [0.15, 0.2) is 5.43 Å². The van der Waals surface area contributed by atoms with E-state index in [1.54, 1.807) is 0 Å². The normalized spacial score (nSPS) is 11.8. The van der Waals surface area contributed by atoms with E-state index in [0.29, 0.717) is 12.5 Å². The fraction of sp³-hybridized carbons (Fsp3) is 0.250. The minimum atomic E-state index is -0.327. The van der Waals surface area contributed by atoms with Crippen LogP contribution in [0, 0.1) is 0 Å². The van der Waals surface area contributed by atoms with Crippen molar-refractivity contribution in [2.24, 2.45) is 0 Å². The molecule has 0 radical (unpaired) electrons. The van der Waals surface area contributed by atoms with E-state index >= 15 is 0 Å². The largest absolute Gasteiger partial charge is 0.367 e. The first-order valence-corrected chi connectivity index (χ1v) is 6.68. The molecule has 0 saturated carbocycles. The van der Waals surface area contributed by atoms with Crippen LogP contribution >= 0.6 is 0 Å². The van der Waals surface area contributed by atoms with Crippen molar-refractivity contribution in [3.8, 4) is 0 Å². The summed E-state index contributed by atoms with van der Waals surface area (Å²) in [5.74, 6) is 0.0395. The number of amides is 1. The zero-order valence-corrected chi connectivity index (χ0v) is 11.4. The predicted molar refractivity (Wildman–Crippen MR) is 78.9 cm³/mol. The lowest BCUT2D eigenvalue weighted by Crippen LogP contribution is -2.29. The van der Waals surface area contributed by atoms with Crippen LogP contribution in [0.15, 0.2) is 53.6 Å². The van der Waals surface area contributed by atoms with Crippen molar-refractivity contribution in [2.75, 3.05) is 6.54 Å². The predicted octanol–water partition coefficient (Wildman–Crippen LogP) is 2.30. The molecule has 4 heteroatoms. The summed E-state index contributed by atoms with van der Waals surface area (Å²) in [4.78, 5) is 26.1. The highest BCUT2D eigenvalue weighted by atomic mass is 16.2. The van der Waals surface area contributed by atoms with Gasteiger partial charge in [-0.05, 0) is 17.9 Å². The molecule has 2 aromatic rings. The van der Waals surface area contributed by atoms with Gasteiger partial charge in [-0.3, -0.25) is 9.59 Å². The van der Waals surface area contributed by atoms with Crippen molar-refractivity contribution in [3.05, 3.63) is 70.1 Å². The van der Waals surface area contributed by atoms with Gasteiger partial charge < -0.3 is 10.3 Å². The number of H-pyrrole nitrogens is 1. The number of pyridine rings is 1. The molecule has 1 amide bonds. The summed E-state index contributed by atoms with van der Waals surface area (Å²) in [6.45, 7) is 2.67. The molecule has 1 heterocycles. The van der Waals surface area contributed by atoms with Crippen LogP contribution in [0.25, 0.3) is 0 Å². The Morgan fingerprint density at radius 2 is 2.00 bits per heavy atom. The Morgan fingerprint density at radius 3 is 2.70 bits per heavy atom. The molecule has 0 aliphatic heterocycles. The summed E-state index contributed by atoms with van der Waals surface area (Å²) in [7, 11) is 0. The van der Waals surface area contributed by atoms with Crippen molar-refractivity contribution in [1.29, 1.82) is 0 Å². The van der Waals surface area contributed by atoms with Crippen molar-refractivity contribution in [1.82, 2.24) is 10.3 Å². The molecule has 1 aromatic heterocycles. The van der Waals surface area contributed by atoms with Crippen LogP contribution in [-0.2, 0) is 0 Å². The lowest BCUT2D eigenvalue weighted by atomic mass is 9.98. The van der Waals surface area contributed by atoms with E-state index in [2.05, 4.69) is 29.4 Å². The molecule has 4 nitrogen and oxygen atoms in total. The number of aromatic amines is 1. The van der Waals surface area contributed by atoms with Crippen LogP contribution in [0.3, 0.4) is 0 Å². The Kier molecular flexibility index (Phi) is 4.71.